The Morgan fingerprint density at radius 1 is 1.06 bits per heavy atom. The van der Waals surface area contributed by atoms with Crippen LogP contribution in [0.4, 0.5) is 5.69 Å². The van der Waals surface area contributed by atoms with Gasteiger partial charge in [0.1, 0.15) is 12.6 Å². The summed E-state index contributed by atoms with van der Waals surface area (Å²) in [7, 11) is -3.90. The standard InChI is InChI=1S/C25H33Cl2N3O4S/c1-6-18(4)28-25(32)21(7-2)29(15-19-11-8-10-17(3)14-19)23(31)16-30(35(5,33)34)22-13-9-12-20(26)24(22)27/h8-14,18,21H,6-7,15-16H2,1-5H3,(H,28,32)/t18-,21-/m1/s1. The molecule has 7 nitrogen and oxygen atoms in total. The molecule has 10 heteroatoms. The molecule has 0 aliphatic heterocycles. The molecule has 2 aromatic rings. The highest BCUT2D eigenvalue weighted by molar-refractivity contribution is 7.92. The van der Waals surface area contributed by atoms with E-state index in [1.54, 1.807) is 6.07 Å². The van der Waals surface area contributed by atoms with Gasteiger partial charge in [-0.2, -0.15) is 0 Å². The maximum atomic E-state index is 13.7. The van der Waals surface area contributed by atoms with E-state index in [1.807, 2.05) is 52.0 Å². The van der Waals surface area contributed by atoms with Gasteiger partial charge < -0.3 is 10.2 Å². The van der Waals surface area contributed by atoms with Crippen molar-refractivity contribution in [2.24, 2.45) is 0 Å². The molecule has 2 rings (SSSR count). The van der Waals surface area contributed by atoms with E-state index in [-0.39, 0.29) is 34.2 Å². The van der Waals surface area contributed by atoms with Crippen molar-refractivity contribution in [3.63, 3.8) is 0 Å². The predicted octanol–water partition coefficient (Wildman–Crippen LogP) is 4.79. The van der Waals surface area contributed by atoms with Crippen LogP contribution in [0, 0.1) is 6.92 Å². The zero-order valence-electron chi connectivity index (χ0n) is 20.7. The summed E-state index contributed by atoms with van der Waals surface area (Å²) in [6, 6.07) is 11.4. The second kappa shape index (κ2) is 12.6. The van der Waals surface area contributed by atoms with E-state index in [2.05, 4.69) is 5.32 Å². The van der Waals surface area contributed by atoms with Gasteiger partial charge in [0.15, 0.2) is 0 Å². The number of carbonyl (C=O) groups excluding carboxylic acids is 2. The van der Waals surface area contributed by atoms with Crippen molar-refractivity contribution in [2.45, 2.75) is 59.2 Å². The van der Waals surface area contributed by atoms with Gasteiger partial charge in [-0.05, 0) is 44.4 Å². The van der Waals surface area contributed by atoms with Gasteiger partial charge in [0, 0.05) is 12.6 Å². The summed E-state index contributed by atoms with van der Waals surface area (Å²) in [6.45, 7) is 7.23. The predicted molar refractivity (Wildman–Crippen MR) is 142 cm³/mol. The molecule has 2 amide bonds. The lowest BCUT2D eigenvalue weighted by atomic mass is 10.1. The molecule has 35 heavy (non-hydrogen) atoms. The van der Waals surface area contributed by atoms with E-state index in [1.165, 1.54) is 17.0 Å². The minimum atomic E-state index is -3.90. The van der Waals surface area contributed by atoms with Gasteiger partial charge in [-0.25, -0.2) is 8.42 Å². The fraction of sp³-hybridized carbons (Fsp3) is 0.440. The normalized spacial score (nSPS) is 13.1. The maximum absolute atomic E-state index is 13.7. The van der Waals surface area contributed by atoms with Gasteiger partial charge in [0.2, 0.25) is 21.8 Å². The lowest BCUT2D eigenvalue weighted by Gasteiger charge is -2.33. The quantitative estimate of drug-likeness (QED) is 0.443. The third-order valence-electron chi connectivity index (χ3n) is 5.70. The molecule has 0 saturated carbocycles. The smallest absolute Gasteiger partial charge is 0.244 e. The molecule has 2 atom stereocenters. The van der Waals surface area contributed by atoms with Crippen LogP contribution in [-0.4, -0.2) is 50.0 Å². The van der Waals surface area contributed by atoms with E-state index in [0.29, 0.717) is 6.42 Å². The van der Waals surface area contributed by atoms with Crippen LogP contribution in [0.25, 0.3) is 0 Å². The van der Waals surface area contributed by atoms with Crippen LogP contribution in [0.2, 0.25) is 10.0 Å². The summed E-state index contributed by atoms with van der Waals surface area (Å²) < 4.78 is 26.3. The first-order chi connectivity index (χ1) is 16.4. The number of anilines is 1. The van der Waals surface area contributed by atoms with E-state index in [0.717, 1.165) is 28.1 Å². The first-order valence-corrected chi connectivity index (χ1v) is 14.1. The van der Waals surface area contributed by atoms with Crippen LogP contribution in [0.5, 0.6) is 0 Å². The molecular formula is C25H33Cl2N3O4S. The highest BCUT2D eigenvalue weighted by atomic mass is 35.5. The van der Waals surface area contributed by atoms with Crippen LogP contribution in [0.3, 0.4) is 0 Å². The number of sulfonamides is 1. The lowest BCUT2D eigenvalue weighted by Crippen LogP contribution is -2.53. The number of benzene rings is 2. The fourth-order valence-corrected chi connectivity index (χ4v) is 4.95. The SMILES string of the molecule is CC[C@@H](C)NC(=O)[C@@H](CC)N(Cc1cccc(C)c1)C(=O)CN(c1cccc(Cl)c1Cl)S(C)(=O)=O. The van der Waals surface area contributed by atoms with Crippen LogP contribution in [0.15, 0.2) is 42.5 Å². The number of nitrogens with zero attached hydrogens (tertiary/aromatic N) is 2. The topological polar surface area (TPSA) is 86.8 Å². The summed E-state index contributed by atoms with van der Waals surface area (Å²) in [5.41, 5.74) is 1.94. The van der Waals surface area contributed by atoms with Crippen LogP contribution >= 0.6 is 23.2 Å². The first kappa shape index (κ1) is 28.9. The lowest BCUT2D eigenvalue weighted by molar-refractivity contribution is -0.140. The minimum Gasteiger partial charge on any atom is -0.352 e. The summed E-state index contributed by atoms with van der Waals surface area (Å²) in [6.07, 6.45) is 2.09. The Balaban J connectivity index is 2.49. The van der Waals surface area contributed by atoms with Crippen molar-refractivity contribution in [3.8, 4) is 0 Å². The van der Waals surface area contributed by atoms with E-state index >= 15 is 0 Å². The third kappa shape index (κ3) is 7.85. The van der Waals surface area contributed by atoms with Crippen molar-refractivity contribution in [1.82, 2.24) is 10.2 Å². The highest BCUT2D eigenvalue weighted by Gasteiger charge is 2.32. The molecule has 0 fully saturated rings. The van der Waals surface area contributed by atoms with Gasteiger partial charge in [-0.1, -0.05) is 72.9 Å². The number of hydrogen-bond donors (Lipinski definition) is 1. The van der Waals surface area contributed by atoms with Crippen molar-refractivity contribution in [2.75, 3.05) is 17.1 Å². The summed E-state index contributed by atoms with van der Waals surface area (Å²) >= 11 is 12.4. The van der Waals surface area contributed by atoms with E-state index < -0.39 is 28.5 Å². The largest absolute Gasteiger partial charge is 0.352 e. The van der Waals surface area contributed by atoms with Gasteiger partial charge in [-0.3, -0.25) is 13.9 Å². The van der Waals surface area contributed by atoms with Crippen molar-refractivity contribution >= 4 is 50.7 Å². The molecule has 0 bridgehead atoms. The van der Waals surface area contributed by atoms with Gasteiger partial charge in [-0.15, -0.1) is 0 Å². The summed E-state index contributed by atoms with van der Waals surface area (Å²) in [5, 5.41) is 3.14. The van der Waals surface area contributed by atoms with E-state index in [4.69, 9.17) is 23.2 Å². The monoisotopic (exact) mass is 541 g/mol. The molecule has 0 heterocycles. The van der Waals surface area contributed by atoms with Gasteiger partial charge >= 0.3 is 0 Å². The van der Waals surface area contributed by atoms with Gasteiger partial charge in [0.25, 0.3) is 0 Å². The molecule has 0 aromatic heterocycles. The highest BCUT2D eigenvalue weighted by Crippen LogP contribution is 2.33. The number of aryl methyl sites for hydroxylation is 1. The van der Waals surface area contributed by atoms with Gasteiger partial charge in [0.05, 0.1) is 22.0 Å². The molecule has 2 aromatic carbocycles. The molecule has 0 saturated heterocycles. The Hall–Kier alpha value is -2.29. The zero-order valence-corrected chi connectivity index (χ0v) is 23.0. The second-order valence-corrected chi connectivity index (χ2v) is 11.3. The number of amides is 2. The molecule has 1 N–H and O–H groups in total. The molecule has 0 spiro atoms. The van der Waals surface area contributed by atoms with E-state index in [9.17, 15) is 18.0 Å². The first-order valence-electron chi connectivity index (χ1n) is 11.5. The minimum absolute atomic E-state index is 0.0270. The molecule has 0 radical (unpaired) electrons. The maximum Gasteiger partial charge on any atom is 0.244 e. The zero-order chi connectivity index (χ0) is 26.3. The van der Waals surface area contributed by atoms with Crippen LogP contribution in [-0.2, 0) is 26.2 Å². The number of nitrogens with one attached hydrogen (secondary N) is 1. The van der Waals surface area contributed by atoms with Crippen molar-refractivity contribution in [3.05, 3.63) is 63.6 Å². The van der Waals surface area contributed by atoms with Crippen molar-refractivity contribution in [1.29, 1.82) is 0 Å². The second-order valence-electron chi connectivity index (χ2n) is 8.60. The molecule has 0 aliphatic carbocycles. The Morgan fingerprint density at radius 2 is 1.71 bits per heavy atom. The number of hydrogen-bond acceptors (Lipinski definition) is 4. The molecular weight excluding hydrogens is 509 g/mol. The van der Waals surface area contributed by atoms with Crippen LogP contribution < -0.4 is 9.62 Å². The van der Waals surface area contributed by atoms with Crippen molar-refractivity contribution < 1.29 is 18.0 Å². The Morgan fingerprint density at radius 3 is 2.29 bits per heavy atom. The average molecular weight is 543 g/mol. The molecule has 0 unspecified atom stereocenters. The number of rotatable bonds is 11. The fourth-order valence-electron chi connectivity index (χ4n) is 3.65. The Bertz CT molecular complexity index is 1160. The third-order valence-corrected chi connectivity index (χ3v) is 7.64. The number of carbonyl (C=O) groups is 2. The Labute approximate surface area is 218 Å². The number of halogens is 2. The summed E-state index contributed by atoms with van der Waals surface area (Å²) in [5.74, 6) is -0.811. The molecule has 0 aliphatic rings. The van der Waals surface area contributed by atoms with Crippen LogP contribution in [0.1, 0.15) is 44.7 Å². The summed E-state index contributed by atoms with van der Waals surface area (Å²) in [4.78, 5) is 28.2. The average Bonchev–Trinajstić information content (AvgIpc) is 2.78. The molecule has 192 valence electrons. The Kier molecular flexibility index (Phi) is 10.4.